The molecule has 2 aromatic heterocycles. The molecule has 3 aromatic carbocycles. The van der Waals surface area contributed by atoms with Crippen LogP contribution in [0.15, 0.2) is 66.0 Å². The zero-order chi connectivity index (χ0) is 29.1. The number of nitrogens with one attached hydrogen (secondary N) is 1. The van der Waals surface area contributed by atoms with E-state index < -0.39 is 9.84 Å². The van der Waals surface area contributed by atoms with Crippen LogP contribution in [-0.2, 0) is 22.9 Å². The molecule has 1 fully saturated rings. The number of tetrazole rings is 1. The summed E-state index contributed by atoms with van der Waals surface area (Å²) in [6.07, 6.45) is 2.04. The summed E-state index contributed by atoms with van der Waals surface area (Å²) < 4.78 is 31.2. The summed E-state index contributed by atoms with van der Waals surface area (Å²) in [5, 5.41) is 17.6. The summed E-state index contributed by atoms with van der Waals surface area (Å²) in [7, 11) is -2.87. The minimum Gasteiger partial charge on any atom is -0.489 e. The Morgan fingerprint density at radius 1 is 1.05 bits per heavy atom. The van der Waals surface area contributed by atoms with Crippen LogP contribution in [0, 0.1) is 18.8 Å². The maximum absolute atomic E-state index is 11.9. The number of hydrogen-bond acceptors (Lipinski definition) is 7. The number of aromatic nitrogens is 4. The molecule has 0 bridgehead atoms. The maximum atomic E-state index is 11.9. The lowest BCUT2D eigenvalue weighted by Crippen LogP contribution is -2.22. The summed E-state index contributed by atoms with van der Waals surface area (Å²) in [6, 6.07) is 21.2. The van der Waals surface area contributed by atoms with Gasteiger partial charge in [-0.05, 0) is 100 Å². The molecule has 7 nitrogen and oxygen atoms in total. The van der Waals surface area contributed by atoms with E-state index in [1.54, 1.807) is 11.3 Å². The van der Waals surface area contributed by atoms with E-state index in [9.17, 15) is 8.42 Å². The summed E-state index contributed by atoms with van der Waals surface area (Å²) in [6.45, 7) is 4.45. The number of benzene rings is 3. The van der Waals surface area contributed by atoms with Gasteiger partial charge in [0.1, 0.15) is 28.0 Å². The van der Waals surface area contributed by atoms with E-state index in [1.165, 1.54) is 32.3 Å². The fourth-order valence-corrected chi connectivity index (χ4v) is 8.12. The highest BCUT2D eigenvalue weighted by atomic mass is 32.2. The first-order valence-electron chi connectivity index (χ1n) is 14.1. The monoisotopic (exact) mass is 596 g/mol. The number of thiophene rings is 1. The van der Waals surface area contributed by atoms with Crippen LogP contribution in [-0.4, -0.2) is 40.5 Å². The number of ether oxygens (including phenoxy) is 1. The van der Waals surface area contributed by atoms with Gasteiger partial charge in [-0.3, -0.25) is 0 Å². The topological polar surface area (TPSA) is 97.8 Å². The van der Waals surface area contributed by atoms with Crippen LogP contribution in [0.25, 0.3) is 21.2 Å². The molecule has 0 spiro atoms. The molecule has 0 saturated carbocycles. The fraction of sp³-hybridized carbons (Fsp3) is 0.303. The van der Waals surface area contributed by atoms with Crippen molar-refractivity contribution in [2.45, 2.75) is 51.6 Å². The maximum Gasteiger partial charge on any atom is 0.150 e. The molecule has 1 saturated heterocycles. The predicted molar refractivity (Wildman–Crippen MR) is 167 cm³/mol. The Morgan fingerprint density at radius 3 is 2.57 bits per heavy atom. The van der Waals surface area contributed by atoms with E-state index >= 15 is 0 Å². The van der Waals surface area contributed by atoms with Gasteiger partial charge >= 0.3 is 0 Å². The second-order valence-corrected chi connectivity index (χ2v) is 14.1. The second kappa shape index (κ2) is 12.1. The highest BCUT2D eigenvalue weighted by Gasteiger charge is 2.25. The SMILES string of the molecule is CC#C[C@@H](Cc1nnn[nH]1)c1ccc(OCc2ccc3scc(-c4ccc(C5CCS(=O)(=O)CC5)cc4C)c3c2)cc1. The van der Waals surface area contributed by atoms with Crippen molar-refractivity contribution < 1.29 is 13.2 Å². The van der Waals surface area contributed by atoms with E-state index in [0.717, 1.165) is 16.9 Å². The fourth-order valence-electron chi connectivity index (χ4n) is 5.69. The van der Waals surface area contributed by atoms with Crippen molar-refractivity contribution in [3.63, 3.8) is 0 Å². The van der Waals surface area contributed by atoms with E-state index in [4.69, 9.17) is 4.74 Å². The minimum absolute atomic E-state index is 0.00504. The lowest BCUT2D eigenvalue weighted by Gasteiger charge is -2.23. The molecule has 214 valence electrons. The summed E-state index contributed by atoms with van der Waals surface area (Å²) in [4.78, 5) is 0. The van der Waals surface area contributed by atoms with Gasteiger partial charge in [-0.25, -0.2) is 13.5 Å². The summed E-state index contributed by atoms with van der Waals surface area (Å²) in [5.41, 5.74) is 7.10. The number of nitrogens with zero attached hydrogens (tertiary/aromatic N) is 3. The number of aromatic amines is 1. The Morgan fingerprint density at radius 2 is 1.86 bits per heavy atom. The molecule has 1 aliphatic rings. The number of H-pyrrole nitrogens is 1. The van der Waals surface area contributed by atoms with Crippen molar-refractivity contribution >= 4 is 31.3 Å². The molecule has 0 unspecified atom stereocenters. The van der Waals surface area contributed by atoms with Gasteiger partial charge in [0.05, 0.1) is 17.4 Å². The third-order valence-corrected chi connectivity index (χ3v) is 10.7. The van der Waals surface area contributed by atoms with Crippen LogP contribution < -0.4 is 4.74 Å². The molecule has 3 heterocycles. The Balaban J connectivity index is 1.16. The van der Waals surface area contributed by atoms with E-state index in [0.29, 0.717) is 37.6 Å². The van der Waals surface area contributed by atoms with E-state index in [-0.39, 0.29) is 17.4 Å². The minimum atomic E-state index is -2.87. The van der Waals surface area contributed by atoms with Crippen molar-refractivity contribution in [1.82, 2.24) is 20.6 Å². The van der Waals surface area contributed by atoms with E-state index in [2.05, 4.69) is 81.2 Å². The number of rotatable bonds is 8. The summed E-state index contributed by atoms with van der Waals surface area (Å²) >= 11 is 1.75. The van der Waals surface area contributed by atoms with Crippen molar-refractivity contribution in [2.24, 2.45) is 0 Å². The molecule has 0 aliphatic carbocycles. The van der Waals surface area contributed by atoms with Crippen molar-refractivity contribution in [3.05, 3.63) is 94.1 Å². The lowest BCUT2D eigenvalue weighted by atomic mass is 9.89. The molecule has 0 radical (unpaired) electrons. The molecule has 1 N–H and O–H groups in total. The average Bonchev–Trinajstić information content (AvgIpc) is 3.66. The van der Waals surface area contributed by atoms with Crippen molar-refractivity contribution in [2.75, 3.05) is 11.5 Å². The van der Waals surface area contributed by atoms with Crippen LogP contribution in [0.5, 0.6) is 5.75 Å². The molecule has 9 heteroatoms. The zero-order valence-corrected chi connectivity index (χ0v) is 25.3. The average molecular weight is 597 g/mol. The second-order valence-electron chi connectivity index (χ2n) is 10.8. The largest absolute Gasteiger partial charge is 0.489 e. The first-order valence-corrected chi connectivity index (χ1v) is 16.8. The van der Waals surface area contributed by atoms with Crippen LogP contribution in [0.2, 0.25) is 0 Å². The third kappa shape index (κ3) is 6.25. The zero-order valence-electron chi connectivity index (χ0n) is 23.6. The molecule has 0 amide bonds. The third-order valence-electron chi connectivity index (χ3n) is 8.00. The predicted octanol–water partition coefficient (Wildman–Crippen LogP) is 6.61. The van der Waals surface area contributed by atoms with Gasteiger partial charge in [0.15, 0.2) is 0 Å². The summed E-state index contributed by atoms with van der Waals surface area (Å²) in [5.74, 6) is 8.65. The van der Waals surface area contributed by atoms with Gasteiger partial charge in [0.2, 0.25) is 0 Å². The number of aryl methyl sites for hydroxylation is 1. The lowest BCUT2D eigenvalue weighted by molar-refractivity contribution is 0.306. The Bertz CT molecular complexity index is 1850. The number of fused-ring (bicyclic) bond motifs is 1. The molecule has 5 aromatic rings. The van der Waals surface area contributed by atoms with Crippen LogP contribution in [0.3, 0.4) is 0 Å². The van der Waals surface area contributed by atoms with Crippen molar-refractivity contribution in [3.8, 4) is 28.7 Å². The van der Waals surface area contributed by atoms with Crippen LogP contribution in [0.1, 0.15) is 59.7 Å². The molecule has 1 aliphatic heterocycles. The van der Waals surface area contributed by atoms with E-state index in [1.807, 2.05) is 31.2 Å². The Hall–Kier alpha value is -4.00. The number of sulfone groups is 1. The quantitative estimate of drug-likeness (QED) is 0.203. The van der Waals surface area contributed by atoms with Gasteiger partial charge in [0.25, 0.3) is 0 Å². The van der Waals surface area contributed by atoms with Crippen LogP contribution >= 0.6 is 11.3 Å². The van der Waals surface area contributed by atoms with Crippen molar-refractivity contribution in [1.29, 1.82) is 0 Å². The highest BCUT2D eigenvalue weighted by Crippen LogP contribution is 2.38. The van der Waals surface area contributed by atoms with Crippen LogP contribution in [0.4, 0.5) is 0 Å². The smallest absolute Gasteiger partial charge is 0.150 e. The normalized spacial score (nSPS) is 15.7. The molecule has 42 heavy (non-hydrogen) atoms. The standard InChI is InChI=1S/C33H32N4O3S2/c1-3-4-26(19-33-34-36-37-35-33)24-6-9-28(10-7-24)40-20-23-5-12-32-30(18-23)31(21-41-32)29-11-8-27(17-22(29)2)25-13-15-42(38,39)16-14-25/h5-12,17-18,21,25-26H,13-16,19-20H2,1-2H3,(H,34,35,36,37)/t26-/m0/s1. The van der Waals surface area contributed by atoms with Gasteiger partial charge in [-0.15, -0.1) is 22.4 Å². The molecular formula is C33H32N4O3S2. The van der Waals surface area contributed by atoms with Gasteiger partial charge in [0, 0.05) is 22.1 Å². The molecular weight excluding hydrogens is 565 g/mol. The molecule has 6 rings (SSSR count). The van der Waals surface area contributed by atoms with Gasteiger partial charge in [-0.1, -0.05) is 42.3 Å². The molecule has 1 atom stereocenters. The van der Waals surface area contributed by atoms with Gasteiger partial charge in [-0.2, -0.15) is 0 Å². The first-order chi connectivity index (χ1) is 20.4. The van der Waals surface area contributed by atoms with Gasteiger partial charge < -0.3 is 4.74 Å². The first kappa shape index (κ1) is 28.1. The Kier molecular flexibility index (Phi) is 8.09. The number of hydrogen-bond donors (Lipinski definition) is 1. The Labute approximate surface area is 250 Å². The highest BCUT2D eigenvalue weighted by molar-refractivity contribution is 7.91.